The molecule has 0 unspecified atom stereocenters. The summed E-state index contributed by atoms with van der Waals surface area (Å²) in [5, 5.41) is 3.58. The van der Waals surface area contributed by atoms with Crippen LogP contribution in [0.3, 0.4) is 0 Å². The summed E-state index contributed by atoms with van der Waals surface area (Å²) in [6.45, 7) is 11.9. The Morgan fingerprint density at radius 1 is 0.857 bits per heavy atom. The van der Waals surface area contributed by atoms with E-state index in [0.717, 1.165) is 13.0 Å². The predicted octanol–water partition coefficient (Wildman–Crippen LogP) is 5.42. The third kappa shape index (κ3) is 4.35. The van der Waals surface area contributed by atoms with Gasteiger partial charge in [-0.2, -0.15) is 0 Å². The van der Waals surface area contributed by atoms with Gasteiger partial charge < -0.3 is 5.32 Å². The van der Waals surface area contributed by atoms with Crippen LogP contribution in [0.5, 0.6) is 0 Å². The summed E-state index contributed by atoms with van der Waals surface area (Å²) in [7, 11) is 0. The van der Waals surface area contributed by atoms with Crippen molar-refractivity contribution in [3.63, 3.8) is 0 Å². The topological polar surface area (TPSA) is 12.0 Å². The molecule has 2 aromatic carbocycles. The maximum Gasteiger partial charge on any atom is 0.0402 e. The first-order valence-electron chi connectivity index (χ1n) is 7.85. The first-order chi connectivity index (χ1) is 9.95. The predicted molar refractivity (Wildman–Crippen MR) is 93.0 cm³/mol. The van der Waals surface area contributed by atoms with E-state index < -0.39 is 0 Å². The van der Waals surface area contributed by atoms with Crippen LogP contribution in [-0.2, 0) is 13.0 Å². The Morgan fingerprint density at radius 3 is 1.90 bits per heavy atom. The minimum absolute atomic E-state index is 0.715. The average molecular weight is 281 g/mol. The Balaban J connectivity index is 2.03. The number of rotatable bonds is 5. The van der Waals surface area contributed by atoms with Crippen LogP contribution in [-0.4, -0.2) is 0 Å². The van der Waals surface area contributed by atoms with E-state index in [1.807, 2.05) is 0 Å². The Hall–Kier alpha value is -1.76. The van der Waals surface area contributed by atoms with E-state index in [1.165, 1.54) is 33.5 Å². The molecule has 0 aliphatic heterocycles. The Labute approximate surface area is 129 Å². The van der Waals surface area contributed by atoms with E-state index in [0.29, 0.717) is 5.92 Å². The molecule has 2 aromatic rings. The molecule has 0 aliphatic rings. The van der Waals surface area contributed by atoms with Crippen LogP contribution in [0.2, 0.25) is 0 Å². The third-order valence-electron chi connectivity index (χ3n) is 3.81. The molecule has 112 valence electrons. The van der Waals surface area contributed by atoms with Gasteiger partial charge in [-0.1, -0.05) is 55.8 Å². The molecule has 0 saturated heterocycles. The van der Waals surface area contributed by atoms with Crippen molar-refractivity contribution in [1.82, 2.24) is 0 Å². The van der Waals surface area contributed by atoms with Crippen LogP contribution >= 0.6 is 0 Å². The standard InChI is InChI=1S/C20H27N/c1-14(2)10-18-6-8-19(9-7-18)13-21-20-16(4)11-15(3)12-17(20)5/h6-9,11-12,14,21H,10,13H2,1-5H3. The normalized spacial score (nSPS) is 11.0. The van der Waals surface area contributed by atoms with Gasteiger partial charge in [0.1, 0.15) is 0 Å². The SMILES string of the molecule is Cc1cc(C)c(NCc2ccc(CC(C)C)cc2)c(C)c1. The molecule has 0 aromatic heterocycles. The molecule has 0 bridgehead atoms. The fraction of sp³-hybridized carbons (Fsp3) is 0.400. The summed E-state index contributed by atoms with van der Waals surface area (Å²) < 4.78 is 0. The molecule has 0 aliphatic carbocycles. The third-order valence-corrected chi connectivity index (χ3v) is 3.81. The van der Waals surface area contributed by atoms with Crippen molar-refractivity contribution in [1.29, 1.82) is 0 Å². The van der Waals surface area contributed by atoms with E-state index in [9.17, 15) is 0 Å². The maximum atomic E-state index is 3.58. The summed E-state index contributed by atoms with van der Waals surface area (Å²) in [4.78, 5) is 0. The molecule has 0 atom stereocenters. The number of hydrogen-bond donors (Lipinski definition) is 1. The second-order valence-electron chi connectivity index (χ2n) is 6.54. The number of benzene rings is 2. The molecule has 1 nitrogen and oxygen atoms in total. The average Bonchev–Trinajstić information content (AvgIpc) is 2.38. The first kappa shape index (κ1) is 15.6. The van der Waals surface area contributed by atoms with Crippen molar-refractivity contribution < 1.29 is 0 Å². The summed E-state index contributed by atoms with van der Waals surface area (Å²) in [5.41, 5.74) is 8.01. The molecule has 0 saturated carbocycles. The first-order valence-corrected chi connectivity index (χ1v) is 7.85. The van der Waals surface area contributed by atoms with Gasteiger partial charge in [0, 0.05) is 12.2 Å². The van der Waals surface area contributed by atoms with Gasteiger partial charge in [0.05, 0.1) is 0 Å². The summed E-state index contributed by atoms with van der Waals surface area (Å²) >= 11 is 0. The molecule has 0 fully saturated rings. The van der Waals surface area contributed by atoms with Crippen LogP contribution in [0.4, 0.5) is 5.69 Å². The van der Waals surface area contributed by atoms with Crippen molar-refractivity contribution >= 4 is 5.69 Å². The van der Waals surface area contributed by atoms with Crippen molar-refractivity contribution in [2.24, 2.45) is 5.92 Å². The lowest BCUT2D eigenvalue weighted by atomic mass is 10.0. The molecule has 0 heterocycles. The number of nitrogens with one attached hydrogen (secondary N) is 1. The molecule has 0 spiro atoms. The second kappa shape index (κ2) is 6.80. The fourth-order valence-corrected chi connectivity index (χ4v) is 2.91. The van der Waals surface area contributed by atoms with Gasteiger partial charge >= 0.3 is 0 Å². The maximum absolute atomic E-state index is 3.58. The minimum Gasteiger partial charge on any atom is -0.381 e. The Bertz CT molecular complexity index is 571. The van der Waals surface area contributed by atoms with Gasteiger partial charge in [-0.25, -0.2) is 0 Å². The molecule has 0 radical (unpaired) electrons. The lowest BCUT2D eigenvalue weighted by Crippen LogP contribution is -2.03. The lowest BCUT2D eigenvalue weighted by Gasteiger charge is -2.14. The van der Waals surface area contributed by atoms with E-state index in [1.54, 1.807) is 0 Å². The van der Waals surface area contributed by atoms with E-state index >= 15 is 0 Å². The van der Waals surface area contributed by atoms with E-state index in [2.05, 4.69) is 76.3 Å². The Kier molecular flexibility index (Phi) is 5.06. The number of aryl methyl sites for hydroxylation is 3. The molecule has 21 heavy (non-hydrogen) atoms. The quantitative estimate of drug-likeness (QED) is 0.771. The van der Waals surface area contributed by atoms with E-state index in [4.69, 9.17) is 0 Å². The van der Waals surface area contributed by atoms with Gasteiger partial charge in [-0.15, -0.1) is 0 Å². The molecule has 0 amide bonds. The smallest absolute Gasteiger partial charge is 0.0402 e. The summed E-state index contributed by atoms with van der Waals surface area (Å²) in [6.07, 6.45) is 1.16. The summed E-state index contributed by atoms with van der Waals surface area (Å²) in [5.74, 6) is 0.715. The van der Waals surface area contributed by atoms with Crippen LogP contribution in [0.1, 0.15) is 41.7 Å². The number of anilines is 1. The van der Waals surface area contributed by atoms with Gasteiger partial charge in [-0.05, 0) is 55.4 Å². The van der Waals surface area contributed by atoms with Crippen LogP contribution in [0, 0.1) is 26.7 Å². The van der Waals surface area contributed by atoms with Gasteiger partial charge in [0.2, 0.25) is 0 Å². The molecular weight excluding hydrogens is 254 g/mol. The second-order valence-corrected chi connectivity index (χ2v) is 6.54. The van der Waals surface area contributed by atoms with Crippen molar-refractivity contribution in [3.05, 3.63) is 64.2 Å². The molecule has 1 heteroatoms. The van der Waals surface area contributed by atoms with E-state index in [-0.39, 0.29) is 0 Å². The highest BCUT2D eigenvalue weighted by Crippen LogP contribution is 2.22. The highest BCUT2D eigenvalue weighted by Gasteiger charge is 2.04. The molecular formula is C20H27N. The Morgan fingerprint density at radius 2 is 1.38 bits per heavy atom. The zero-order valence-electron chi connectivity index (χ0n) is 14.0. The summed E-state index contributed by atoms with van der Waals surface area (Å²) in [6, 6.07) is 13.5. The largest absolute Gasteiger partial charge is 0.381 e. The lowest BCUT2D eigenvalue weighted by molar-refractivity contribution is 0.647. The van der Waals surface area contributed by atoms with Crippen molar-refractivity contribution in [2.45, 2.75) is 47.6 Å². The van der Waals surface area contributed by atoms with Gasteiger partial charge in [0.25, 0.3) is 0 Å². The molecule has 2 rings (SSSR count). The van der Waals surface area contributed by atoms with Crippen molar-refractivity contribution in [3.8, 4) is 0 Å². The fourth-order valence-electron chi connectivity index (χ4n) is 2.91. The van der Waals surface area contributed by atoms with Crippen LogP contribution < -0.4 is 5.32 Å². The van der Waals surface area contributed by atoms with Crippen LogP contribution in [0.25, 0.3) is 0 Å². The molecule has 1 N–H and O–H groups in total. The highest BCUT2D eigenvalue weighted by atomic mass is 14.9. The minimum atomic E-state index is 0.715. The monoisotopic (exact) mass is 281 g/mol. The zero-order chi connectivity index (χ0) is 15.4. The highest BCUT2D eigenvalue weighted by molar-refractivity contribution is 5.58. The van der Waals surface area contributed by atoms with Crippen LogP contribution in [0.15, 0.2) is 36.4 Å². The van der Waals surface area contributed by atoms with Gasteiger partial charge in [0.15, 0.2) is 0 Å². The number of hydrogen-bond acceptors (Lipinski definition) is 1. The van der Waals surface area contributed by atoms with Crippen molar-refractivity contribution in [2.75, 3.05) is 5.32 Å². The zero-order valence-corrected chi connectivity index (χ0v) is 14.0. The van der Waals surface area contributed by atoms with Gasteiger partial charge in [-0.3, -0.25) is 0 Å².